The molecule has 2 N–H and O–H groups in total. The van der Waals surface area contributed by atoms with Crippen molar-refractivity contribution >= 4 is 16.5 Å². The summed E-state index contributed by atoms with van der Waals surface area (Å²) in [6.07, 6.45) is 0. The molecule has 0 atom stereocenters. The van der Waals surface area contributed by atoms with Gasteiger partial charge in [0.25, 0.3) is 0 Å². The standard InChI is InChI=1S/C3H5N3S.C2H6/c1-2-5-6-3(4)7-2;1-2/h1H3,(H2,4,6);1-2H3. The normalized spacial score (nSPS) is 7.89. The molecule has 0 aromatic carbocycles. The number of nitrogens with two attached hydrogens (primary N) is 1. The maximum Gasteiger partial charge on any atom is 0.203 e. The van der Waals surface area contributed by atoms with Gasteiger partial charge in [-0.3, -0.25) is 0 Å². The number of hydrogen-bond donors (Lipinski definition) is 1. The van der Waals surface area contributed by atoms with Crippen molar-refractivity contribution in [1.29, 1.82) is 0 Å². The average molecular weight is 145 g/mol. The second kappa shape index (κ2) is 4.26. The van der Waals surface area contributed by atoms with Crippen LogP contribution in [0.2, 0.25) is 0 Å². The highest BCUT2D eigenvalue weighted by Gasteiger charge is 1.89. The zero-order valence-corrected chi connectivity index (χ0v) is 6.70. The van der Waals surface area contributed by atoms with E-state index in [0.717, 1.165) is 5.01 Å². The van der Waals surface area contributed by atoms with E-state index in [2.05, 4.69) is 10.2 Å². The van der Waals surface area contributed by atoms with Gasteiger partial charge in [-0.05, 0) is 6.92 Å². The van der Waals surface area contributed by atoms with Crippen molar-refractivity contribution < 1.29 is 0 Å². The lowest BCUT2D eigenvalue weighted by molar-refractivity contribution is 1.06. The number of nitrogen functional groups attached to an aromatic ring is 1. The first-order valence-electron chi connectivity index (χ1n) is 2.84. The predicted octanol–water partition coefficient (Wildman–Crippen LogP) is 1.45. The zero-order valence-electron chi connectivity index (χ0n) is 5.88. The minimum absolute atomic E-state index is 0.539. The van der Waals surface area contributed by atoms with Gasteiger partial charge in [0.2, 0.25) is 5.13 Å². The van der Waals surface area contributed by atoms with Crippen LogP contribution in [0.25, 0.3) is 0 Å². The minimum atomic E-state index is 0.539. The topological polar surface area (TPSA) is 51.8 Å². The summed E-state index contributed by atoms with van der Waals surface area (Å²) < 4.78 is 0. The van der Waals surface area contributed by atoms with E-state index in [4.69, 9.17) is 5.73 Å². The highest BCUT2D eigenvalue weighted by atomic mass is 32.1. The predicted molar refractivity (Wildman–Crippen MR) is 40.4 cm³/mol. The van der Waals surface area contributed by atoms with E-state index in [1.807, 2.05) is 20.8 Å². The van der Waals surface area contributed by atoms with Crippen LogP contribution in [0.4, 0.5) is 5.13 Å². The van der Waals surface area contributed by atoms with Crippen LogP contribution < -0.4 is 5.73 Å². The van der Waals surface area contributed by atoms with Crippen molar-refractivity contribution in [2.75, 3.05) is 5.73 Å². The quantitative estimate of drug-likeness (QED) is 0.601. The summed E-state index contributed by atoms with van der Waals surface area (Å²) in [5.41, 5.74) is 5.22. The van der Waals surface area contributed by atoms with E-state index < -0.39 is 0 Å². The van der Waals surface area contributed by atoms with Crippen LogP contribution in [-0.2, 0) is 0 Å². The van der Waals surface area contributed by atoms with Crippen LogP contribution in [0, 0.1) is 6.92 Å². The lowest BCUT2D eigenvalue weighted by Gasteiger charge is -1.66. The maximum absolute atomic E-state index is 5.22. The van der Waals surface area contributed by atoms with E-state index in [1.54, 1.807) is 0 Å². The van der Waals surface area contributed by atoms with E-state index in [0.29, 0.717) is 5.13 Å². The molecule has 0 bridgehead atoms. The summed E-state index contributed by atoms with van der Waals surface area (Å²) in [6.45, 7) is 5.87. The Hall–Kier alpha value is -0.640. The van der Waals surface area contributed by atoms with Crippen LogP contribution in [0.1, 0.15) is 18.9 Å². The summed E-state index contributed by atoms with van der Waals surface area (Å²) in [7, 11) is 0. The molecule has 0 aliphatic rings. The lowest BCUT2D eigenvalue weighted by Crippen LogP contribution is -1.79. The second-order valence-electron chi connectivity index (χ2n) is 1.16. The molecule has 9 heavy (non-hydrogen) atoms. The molecule has 4 heteroatoms. The Bertz CT molecular complexity index is 144. The van der Waals surface area contributed by atoms with Crippen molar-refractivity contribution in [3.8, 4) is 0 Å². The van der Waals surface area contributed by atoms with E-state index in [9.17, 15) is 0 Å². The Morgan fingerprint density at radius 2 is 1.89 bits per heavy atom. The number of aryl methyl sites for hydroxylation is 1. The van der Waals surface area contributed by atoms with Gasteiger partial charge >= 0.3 is 0 Å². The van der Waals surface area contributed by atoms with Gasteiger partial charge in [-0.2, -0.15) is 0 Å². The van der Waals surface area contributed by atoms with Crippen molar-refractivity contribution in [1.82, 2.24) is 10.2 Å². The Morgan fingerprint density at radius 1 is 1.33 bits per heavy atom. The van der Waals surface area contributed by atoms with Gasteiger partial charge in [-0.15, -0.1) is 10.2 Å². The summed E-state index contributed by atoms with van der Waals surface area (Å²) in [5, 5.41) is 8.68. The number of aromatic nitrogens is 2. The highest BCUT2D eigenvalue weighted by molar-refractivity contribution is 7.14. The lowest BCUT2D eigenvalue weighted by atomic mass is 10.9. The van der Waals surface area contributed by atoms with Gasteiger partial charge in [0, 0.05) is 0 Å². The van der Waals surface area contributed by atoms with Crippen LogP contribution in [0.15, 0.2) is 0 Å². The Balaban J connectivity index is 0.000000291. The Labute approximate surface area is 58.9 Å². The van der Waals surface area contributed by atoms with E-state index in [-0.39, 0.29) is 0 Å². The summed E-state index contributed by atoms with van der Waals surface area (Å²) >= 11 is 1.40. The molecule has 0 aliphatic heterocycles. The Morgan fingerprint density at radius 3 is 2.00 bits per heavy atom. The molecule has 1 aromatic heterocycles. The Kier molecular flexibility index (Phi) is 3.96. The molecule has 0 amide bonds. The largest absolute Gasteiger partial charge is 0.374 e. The minimum Gasteiger partial charge on any atom is -0.374 e. The molecule has 1 heterocycles. The van der Waals surface area contributed by atoms with Crippen LogP contribution in [0.3, 0.4) is 0 Å². The molecule has 0 aliphatic carbocycles. The molecule has 1 rings (SSSR count). The first-order valence-corrected chi connectivity index (χ1v) is 3.66. The van der Waals surface area contributed by atoms with E-state index in [1.165, 1.54) is 11.3 Å². The molecule has 0 radical (unpaired) electrons. The molecule has 0 saturated carbocycles. The zero-order chi connectivity index (χ0) is 7.28. The fourth-order valence-electron chi connectivity index (χ4n) is 0.312. The van der Waals surface area contributed by atoms with Crippen molar-refractivity contribution in [3.05, 3.63) is 5.01 Å². The van der Waals surface area contributed by atoms with Crippen molar-refractivity contribution in [2.45, 2.75) is 20.8 Å². The van der Waals surface area contributed by atoms with Crippen LogP contribution in [0.5, 0.6) is 0 Å². The van der Waals surface area contributed by atoms with Crippen LogP contribution in [-0.4, -0.2) is 10.2 Å². The van der Waals surface area contributed by atoms with Gasteiger partial charge in [-0.25, -0.2) is 0 Å². The van der Waals surface area contributed by atoms with E-state index >= 15 is 0 Å². The smallest absolute Gasteiger partial charge is 0.203 e. The number of nitrogens with zero attached hydrogens (tertiary/aromatic N) is 2. The van der Waals surface area contributed by atoms with Gasteiger partial charge in [0.05, 0.1) is 0 Å². The van der Waals surface area contributed by atoms with Crippen molar-refractivity contribution in [2.24, 2.45) is 0 Å². The highest BCUT2D eigenvalue weighted by Crippen LogP contribution is 2.07. The summed E-state index contributed by atoms with van der Waals surface area (Å²) in [4.78, 5) is 0. The van der Waals surface area contributed by atoms with Gasteiger partial charge in [0.1, 0.15) is 5.01 Å². The first-order chi connectivity index (χ1) is 4.29. The fraction of sp³-hybridized carbons (Fsp3) is 0.600. The number of rotatable bonds is 0. The first kappa shape index (κ1) is 8.36. The molecule has 52 valence electrons. The summed E-state index contributed by atoms with van der Waals surface area (Å²) in [5.74, 6) is 0. The fourth-order valence-corrected chi connectivity index (χ4v) is 0.778. The third kappa shape index (κ3) is 3.03. The molecule has 0 unspecified atom stereocenters. The van der Waals surface area contributed by atoms with Gasteiger partial charge in [-0.1, -0.05) is 25.2 Å². The molecule has 1 aromatic rings. The molecule has 0 saturated heterocycles. The second-order valence-corrected chi connectivity index (χ2v) is 2.37. The number of hydrogen-bond acceptors (Lipinski definition) is 4. The SMILES string of the molecule is CC.Cc1nnc(N)s1. The molecular formula is C5H11N3S. The summed E-state index contributed by atoms with van der Waals surface area (Å²) in [6, 6.07) is 0. The van der Waals surface area contributed by atoms with Crippen molar-refractivity contribution in [3.63, 3.8) is 0 Å². The third-order valence-corrected chi connectivity index (χ3v) is 1.21. The average Bonchev–Trinajstić information content (AvgIpc) is 2.20. The molecular weight excluding hydrogens is 134 g/mol. The third-order valence-electron chi connectivity index (χ3n) is 0.542. The van der Waals surface area contributed by atoms with Gasteiger partial charge in [0.15, 0.2) is 0 Å². The number of anilines is 1. The molecule has 0 spiro atoms. The molecule has 3 nitrogen and oxygen atoms in total. The maximum atomic E-state index is 5.22. The van der Waals surface area contributed by atoms with Gasteiger partial charge < -0.3 is 5.73 Å². The monoisotopic (exact) mass is 145 g/mol. The van der Waals surface area contributed by atoms with Crippen LogP contribution >= 0.6 is 11.3 Å². The molecule has 0 fully saturated rings.